The fourth-order valence-electron chi connectivity index (χ4n) is 3.36. The molecule has 170 valence electrons. The molecule has 8 nitrogen and oxygen atoms in total. The van der Waals surface area contributed by atoms with E-state index in [1.54, 1.807) is 50.4 Å². The minimum Gasteiger partial charge on any atom is -0.497 e. The van der Waals surface area contributed by atoms with Gasteiger partial charge in [0.1, 0.15) is 28.4 Å². The number of esters is 1. The molecule has 8 heteroatoms. The van der Waals surface area contributed by atoms with Crippen molar-refractivity contribution >= 4 is 39.5 Å². The maximum atomic E-state index is 12.4. The number of para-hydroxylation sites is 1. The number of anilines is 1. The van der Waals surface area contributed by atoms with E-state index in [-0.39, 0.29) is 0 Å². The van der Waals surface area contributed by atoms with Gasteiger partial charge in [0, 0.05) is 16.8 Å². The van der Waals surface area contributed by atoms with Crippen LogP contribution < -0.4 is 19.5 Å². The number of amides is 1. The van der Waals surface area contributed by atoms with Crippen molar-refractivity contribution in [3.8, 4) is 17.2 Å². The van der Waals surface area contributed by atoms with Gasteiger partial charge in [0.05, 0.1) is 19.9 Å². The molecule has 1 N–H and O–H groups in total. The standard InChI is InChI=1S/C25H23NO7/c1-15(32-17-10-8-16(29-2)9-11-17)25(28)31-14-24(27)26-20-13-22-19(12-23(20)30-3)18-6-4-5-7-21(18)33-22/h4-13,15H,14H2,1-3H3,(H,26,27). The van der Waals surface area contributed by atoms with Gasteiger partial charge in [-0.1, -0.05) is 18.2 Å². The van der Waals surface area contributed by atoms with Crippen LogP contribution in [0.3, 0.4) is 0 Å². The van der Waals surface area contributed by atoms with Crippen molar-refractivity contribution in [1.29, 1.82) is 0 Å². The van der Waals surface area contributed by atoms with Crippen molar-refractivity contribution in [3.63, 3.8) is 0 Å². The highest BCUT2D eigenvalue weighted by Gasteiger charge is 2.19. The number of rotatable bonds is 8. The monoisotopic (exact) mass is 449 g/mol. The summed E-state index contributed by atoms with van der Waals surface area (Å²) in [5.41, 5.74) is 1.75. The van der Waals surface area contributed by atoms with E-state index in [1.165, 1.54) is 7.11 Å². The summed E-state index contributed by atoms with van der Waals surface area (Å²) in [5, 5.41) is 4.52. The van der Waals surface area contributed by atoms with Gasteiger partial charge in [-0.05, 0) is 43.3 Å². The van der Waals surface area contributed by atoms with E-state index in [2.05, 4.69) is 5.32 Å². The Morgan fingerprint density at radius 3 is 2.36 bits per heavy atom. The number of benzene rings is 3. The lowest BCUT2D eigenvalue weighted by molar-refractivity contribution is -0.153. The average Bonchev–Trinajstić information content (AvgIpc) is 3.19. The number of ether oxygens (including phenoxy) is 4. The van der Waals surface area contributed by atoms with Gasteiger partial charge < -0.3 is 28.7 Å². The van der Waals surface area contributed by atoms with Crippen molar-refractivity contribution in [1.82, 2.24) is 0 Å². The number of methoxy groups -OCH3 is 2. The number of furan rings is 1. The number of hydrogen-bond donors (Lipinski definition) is 1. The molecule has 3 aromatic carbocycles. The lowest BCUT2D eigenvalue weighted by atomic mass is 10.1. The van der Waals surface area contributed by atoms with Crippen LogP contribution in [-0.2, 0) is 14.3 Å². The minimum atomic E-state index is -0.896. The summed E-state index contributed by atoms with van der Waals surface area (Å²) in [6.07, 6.45) is -0.896. The maximum Gasteiger partial charge on any atom is 0.347 e. The molecule has 1 amide bonds. The van der Waals surface area contributed by atoms with Crippen molar-refractivity contribution in [2.24, 2.45) is 0 Å². The lowest BCUT2D eigenvalue weighted by Crippen LogP contribution is -2.29. The van der Waals surface area contributed by atoms with Gasteiger partial charge in [0.2, 0.25) is 0 Å². The molecular weight excluding hydrogens is 426 g/mol. The van der Waals surface area contributed by atoms with Gasteiger partial charge in [-0.15, -0.1) is 0 Å². The molecule has 1 aromatic heterocycles. The fourth-order valence-corrected chi connectivity index (χ4v) is 3.36. The maximum absolute atomic E-state index is 12.4. The second-order valence-electron chi connectivity index (χ2n) is 7.24. The predicted octanol–water partition coefficient (Wildman–Crippen LogP) is 4.55. The summed E-state index contributed by atoms with van der Waals surface area (Å²) in [6.45, 7) is 1.07. The van der Waals surface area contributed by atoms with Crippen LogP contribution in [0.25, 0.3) is 21.9 Å². The van der Waals surface area contributed by atoms with Crippen molar-refractivity contribution in [2.75, 3.05) is 26.1 Å². The first kappa shape index (κ1) is 22.0. The lowest BCUT2D eigenvalue weighted by Gasteiger charge is -2.14. The van der Waals surface area contributed by atoms with Crippen LogP contribution >= 0.6 is 0 Å². The Morgan fingerprint density at radius 2 is 1.64 bits per heavy atom. The van der Waals surface area contributed by atoms with E-state index in [0.29, 0.717) is 28.5 Å². The Bertz CT molecular complexity index is 1290. The first-order valence-corrected chi connectivity index (χ1v) is 10.2. The number of carbonyl (C=O) groups is 2. The van der Waals surface area contributed by atoms with Crippen LogP contribution in [-0.4, -0.2) is 38.8 Å². The van der Waals surface area contributed by atoms with Crippen LogP contribution in [0.1, 0.15) is 6.92 Å². The molecule has 1 heterocycles. The van der Waals surface area contributed by atoms with Gasteiger partial charge in [-0.3, -0.25) is 4.79 Å². The molecule has 0 aliphatic heterocycles. The van der Waals surface area contributed by atoms with E-state index in [9.17, 15) is 9.59 Å². The zero-order chi connectivity index (χ0) is 23.4. The Labute approximate surface area is 190 Å². The van der Waals surface area contributed by atoms with Crippen LogP contribution in [0.4, 0.5) is 5.69 Å². The molecule has 0 spiro atoms. The van der Waals surface area contributed by atoms with E-state index in [4.69, 9.17) is 23.4 Å². The molecule has 4 aromatic rings. The van der Waals surface area contributed by atoms with Crippen molar-refractivity contribution < 1.29 is 33.0 Å². The zero-order valence-corrected chi connectivity index (χ0v) is 18.4. The molecule has 0 saturated heterocycles. The Hall–Kier alpha value is -4.20. The van der Waals surface area contributed by atoms with Crippen LogP contribution in [0.5, 0.6) is 17.2 Å². The van der Waals surface area contributed by atoms with Gasteiger partial charge in [0.25, 0.3) is 5.91 Å². The third kappa shape index (κ3) is 4.85. The smallest absolute Gasteiger partial charge is 0.347 e. The second-order valence-corrected chi connectivity index (χ2v) is 7.24. The second kappa shape index (κ2) is 9.52. The van der Waals surface area contributed by atoms with Crippen LogP contribution in [0, 0.1) is 0 Å². The Balaban J connectivity index is 1.38. The number of fused-ring (bicyclic) bond motifs is 3. The molecule has 0 bridgehead atoms. The normalized spacial score (nSPS) is 11.7. The van der Waals surface area contributed by atoms with E-state index < -0.39 is 24.6 Å². The molecule has 1 unspecified atom stereocenters. The summed E-state index contributed by atoms with van der Waals surface area (Å²) in [6, 6.07) is 17.9. The summed E-state index contributed by atoms with van der Waals surface area (Å²) < 4.78 is 27.0. The third-order valence-electron chi connectivity index (χ3n) is 5.02. The molecule has 4 rings (SSSR count). The van der Waals surface area contributed by atoms with Crippen molar-refractivity contribution in [2.45, 2.75) is 13.0 Å². The minimum absolute atomic E-state index is 0.410. The molecule has 1 atom stereocenters. The SMILES string of the molecule is COc1ccc(OC(C)C(=O)OCC(=O)Nc2cc3oc4ccccc4c3cc2OC)cc1. The summed E-state index contributed by atoms with van der Waals surface area (Å²) in [4.78, 5) is 24.6. The number of hydrogen-bond acceptors (Lipinski definition) is 7. The van der Waals surface area contributed by atoms with Gasteiger partial charge >= 0.3 is 5.97 Å². The van der Waals surface area contributed by atoms with E-state index in [1.807, 2.05) is 24.3 Å². The molecule has 0 radical (unpaired) electrons. The number of carbonyl (C=O) groups excluding carboxylic acids is 2. The zero-order valence-electron chi connectivity index (χ0n) is 18.4. The molecule has 0 fully saturated rings. The Morgan fingerprint density at radius 1 is 0.909 bits per heavy atom. The third-order valence-corrected chi connectivity index (χ3v) is 5.02. The molecule has 0 aliphatic carbocycles. The largest absolute Gasteiger partial charge is 0.497 e. The van der Waals surface area contributed by atoms with Crippen molar-refractivity contribution in [3.05, 3.63) is 60.7 Å². The highest BCUT2D eigenvalue weighted by atomic mass is 16.6. The fraction of sp³-hybridized carbons (Fsp3) is 0.200. The Kier molecular flexibility index (Phi) is 6.35. The predicted molar refractivity (Wildman–Crippen MR) is 123 cm³/mol. The van der Waals surface area contributed by atoms with Gasteiger partial charge in [0.15, 0.2) is 12.7 Å². The summed E-state index contributed by atoms with van der Waals surface area (Å²) >= 11 is 0. The summed E-state index contributed by atoms with van der Waals surface area (Å²) in [5.74, 6) is 0.429. The topological polar surface area (TPSA) is 96.2 Å². The number of nitrogens with one attached hydrogen (secondary N) is 1. The molecule has 0 aliphatic rings. The van der Waals surface area contributed by atoms with Gasteiger partial charge in [-0.2, -0.15) is 0 Å². The molecular formula is C25H23NO7. The first-order chi connectivity index (χ1) is 16.0. The quantitative estimate of drug-likeness (QED) is 0.394. The molecule has 0 saturated carbocycles. The van der Waals surface area contributed by atoms with Crippen LogP contribution in [0.15, 0.2) is 65.1 Å². The highest BCUT2D eigenvalue weighted by molar-refractivity contribution is 6.07. The van der Waals surface area contributed by atoms with Crippen LogP contribution in [0.2, 0.25) is 0 Å². The van der Waals surface area contributed by atoms with E-state index >= 15 is 0 Å². The first-order valence-electron chi connectivity index (χ1n) is 10.2. The average molecular weight is 449 g/mol. The van der Waals surface area contributed by atoms with Gasteiger partial charge in [-0.25, -0.2) is 4.79 Å². The summed E-state index contributed by atoms with van der Waals surface area (Å²) in [7, 11) is 3.07. The van der Waals surface area contributed by atoms with E-state index in [0.717, 1.165) is 16.4 Å². The highest BCUT2D eigenvalue weighted by Crippen LogP contribution is 2.36. The molecule has 33 heavy (non-hydrogen) atoms.